The quantitative estimate of drug-likeness (QED) is 0.772. The van der Waals surface area contributed by atoms with E-state index < -0.39 is 0 Å². The van der Waals surface area contributed by atoms with E-state index >= 15 is 0 Å². The second-order valence-corrected chi connectivity index (χ2v) is 6.84. The first-order valence-corrected chi connectivity index (χ1v) is 9.09. The molecule has 6 heteroatoms. The van der Waals surface area contributed by atoms with E-state index in [0.29, 0.717) is 19.5 Å². The first-order chi connectivity index (χ1) is 12.6. The molecule has 1 aromatic heterocycles. The monoisotopic (exact) mass is 358 g/mol. The van der Waals surface area contributed by atoms with Crippen LogP contribution in [0.15, 0.2) is 24.4 Å². The molecule has 1 saturated heterocycles. The zero-order valence-corrected chi connectivity index (χ0v) is 15.4. The number of amides is 1. The molecule has 1 N–H and O–H groups in total. The predicted octanol–water partition coefficient (Wildman–Crippen LogP) is 2.59. The van der Waals surface area contributed by atoms with E-state index in [-0.39, 0.29) is 24.4 Å². The van der Waals surface area contributed by atoms with Crippen LogP contribution < -0.4 is 0 Å². The number of hydrogen-bond donors (Lipinski definition) is 1. The Labute approximate surface area is 153 Å². The van der Waals surface area contributed by atoms with Gasteiger partial charge in [0.2, 0.25) is 5.91 Å². The number of fused-ring (bicyclic) bond motifs is 1. The fourth-order valence-electron chi connectivity index (χ4n) is 3.40. The van der Waals surface area contributed by atoms with Crippen molar-refractivity contribution in [1.82, 2.24) is 9.88 Å². The average Bonchev–Trinajstić information content (AvgIpc) is 3.28. The standard InChI is InChI=1S/C20H26N2O4/c1-14-5-6-17-15(12-21-18(17)10-14)11-19(23)22(8-7-20(24)25-2)13-16-4-3-9-26-16/h5-6,10,12,16,21H,3-4,7-9,11,13H2,1-2H3. The van der Waals surface area contributed by atoms with Crippen LogP contribution in [0.25, 0.3) is 10.9 Å². The fraction of sp³-hybridized carbons (Fsp3) is 0.500. The van der Waals surface area contributed by atoms with Crippen molar-refractivity contribution in [3.63, 3.8) is 0 Å². The van der Waals surface area contributed by atoms with Crippen molar-refractivity contribution in [1.29, 1.82) is 0 Å². The van der Waals surface area contributed by atoms with Crippen molar-refractivity contribution in [2.24, 2.45) is 0 Å². The summed E-state index contributed by atoms with van der Waals surface area (Å²) in [6, 6.07) is 6.17. The van der Waals surface area contributed by atoms with E-state index in [2.05, 4.69) is 11.1 Å². The number of H-pyrrole nitrogens is 1. The molecule has 6 nitrogen and oxygen atoms in total. The van der Waals surface area contributed by atoms with E-state index in [1.54, 1.807) is 4.90 Å². The molecule has 26 heavy (non-hydrogen) atoms. The highest BCUT2D eigenvalue weighted by Gasteiger charge is 2.24. The Morgan fingerprint density at radius 1 is 1.38 bits per heavy atom. The van der Waals surface area contributed by atoms with E-state index in [4.69, 9.17) is 9.47 Å². The number of ether oxygens (including phenoxy) is 2. The van der Waals surface area contributed by atoms with Crippen LogP contribution in [0.2, 0.25) is 0 Å². The van der Waals surface area contributed by atoms with Gasteiger partial charge in [0, 0.05) is 36.8 Å². The molecule has 2 heterocycles. The SMILES string of the molecule is COC(=O)CCN(CC1CCCO1)C(=O)Cc1c[nH]c2cc(C)ccc12. The van der Waals surface area contributed by atoms with Crippen LogP contribution in [0, 0.1) is 6.92 Å². The molecule has 3 rings (SSSR count). The van der Waals surface area contributed by atoms with Gasteiger partial charge in [-0.05, 0) is 37.0 Å². The van der Waals surface area contributed by atoms with Crippen molar-refractivity contribution in [3.8, 4) is 0 Å². The van der Waals surface area contributed by atoms with Gasteiger partial charge in [-0.3, -0.25) is 9.59 Å². The number of aryl methyl sites for hydroxylation is 1. The normalized spacial score (nSPS) is 16.8. The molecule has 0 saturated carbocycles. The number of esters is 1. The minimum Gasteiger partial charge on any atom is -0.469 e. The maximum absolute atomic E-state index is 12.9. The predicted molar refractivity (Wildman–Crippen MR) is 98.9 cm³/mol. The zero-order valence-electron chi connectivity index (χ0n) is 15.4. The van der Waals surface area contributed by atoms with Crippen LogP contribution >= 0.6 is 0 Å². The highest BCUT2D eigenvalue weighted by atomic mass is 16.5. The largest absolute Gasteiger partial charge is 0.469 e. The lowest BCUT2D eigenvalue weighted by Gasteiger charge is -2.25. The number of nitrogens with one attached hydrogen (secondary N) is 1. The Kier molecular flexibility index (Phi) is 5.93. The Hall–Kier alpha value is -2.34. The average molecular weight is 358 g/mol. The highest BCUT2D eigenvalue weighted by molar-refractivity contribution is 5.89. The molecule has 1 amide bonds. The molecule has 140 valence electrons. The number of aromatic nitrogens is 1. The third-order valence-electron chi connectivity index (χ3n) is 4.88. The molecule has 1 aliphatic rings. The number of carbonyl (C=O) groups is 2. The molecule has 0 aliphatic carbocycles. The molecule has 1 atom stereocenters. The summed E-state index contributed by atoms with van der Waals surface area (Å²) in [4.78, 5) is 29.4. The number of hydrogen-bond acceptors (Lipinski definition) is 4. The number of nitrogens with zero attached hydrogens (tertiary/aromatic N) is 1. The number of methoxy groups -OCH3 is 1. The molecule has 1 aromatic carbocycles. The van der Waals surface area contributed by atoms with Gasteiger partial charge < -0.3 is 19.4 Å². The van der Waals surface area contributed by atoms with Crippen molar-refractivity contribution >= 4 is 22.8 Å². The van der Waals surface area contributed by atoms with Gasteiger partial charge in [0.1, 0.15) is 0 Å². The fourth-order valence-corrected chi connectivity index (χ4v) is 3.40. The van der Waals surface area contributed by atoms with Crippen LogP contribution in [0.5, 0.6) is 0 Å². The van der Waals surface area contributed by atoms with Gasteiger partial charge in [-0.25, -0.2) is 0 Å². The lowest BCUT2D eigenvalue weighted by Crippen LogP contribution is -2.39. The molecule has 2 aromatic rings. The molecular weight excluding hydrogens is 332 g/mol. The molecule has 1 fully saturated rings. The van der Waals surface area contributed by atoms with Crippen molar-refractivity contribution in [2.75, 3.05) is 26.8 Å². The van der Waals surface area contributed by atoms with Crippen LogP contribution in [0.4, 0.5) is 0 Å². The summed E-state index contributed by atoms with van der Waals surface area (Å²) < 4.78 is 10.4. The molecule has 0 bridgehead atoms. The van der Waals surface area contributed by atoms with Gasteiger partial charge in [-0.15, -0.1) is 0 Å². The van der Waals surface area contributed by atoms with Crippen molar-refractivity contribution in [3.05, 3.63) is 35.5 Å². The number of benzene rings is 1. The van der Waals surface area contributed by atoms with Crippen LogP contribution in [0.1, 0.15) is 30.4 Å². The summed E-state index contributed by atoms with van der Waals surface area (Å²) >= 11 is 0. The van der Waals surface area contributed by atoms with Crippen molar-refractivity contribution < 1.29 is 19.1 Å². The topological polar surface area (TPSA) is 71.6 Å². The van der Waals surface area contributed by atoms with Gasteiger partial charge in [-0.1, -0.05) is 12.1 Å². The van der Waals surface area contributed by atoms with Gasteiger partial charge in [0.25, 0.3) is 0 Å². The van der Waals surface area contributed by atoms with Gasteiger partial charge >= 0.3 is 5.97 Å². The number of rotatable bonds is 7. The molecule has 0 radical (unpaired) electrons. The minimum absolute atomic E-state index is 0.00544. The lowest BCUT2D eigenvalue weighted by atomic mass is 10.1. The van der Waals surface area contributed by atoms with Crippen molar-refractivity contribution in [2.45, 2.75) is 38.7 Å². The zero-order chi connectivity index (χ0) is 18.5. The Balaban J connectivity index is 1.71. The van der Waals surface area contributed by atoms with E-state index in [1.807, 2.05) is 25.3 Å². The lowest BCUT2D eigenvalue weighted by molar-refractivity contribution is -0.142. The summed E-state index contributed by atoms with van der Waals surface area (Å²) in [5.74, 6) is -0.302. The summed E-state index contributed by atoms with van der Waals surface area (Å²) in [5.41, 5.74) is 3.18. The van der Waals surface area contributed by atoms with Gasteiger partial charge in [-0.2, -0.15) is 0 Å². The van der Waals surface area contributed by atoms with Crippen LogP contribution in [0.3, 0.4) is 0 Å². The maximum Gasteiger partial charge on any atom is 0.307 e. The summed E-state index contributed by atoms with van der Waals surface area (Å²) in [6.07, 6.45) is 4.42. The Morgan fingerprint density at radius 2 is 2.23 bits per heavy atom. The second-order valence-electron chi connectivity index (χ2n) is 6.84. The van der Waals surface area contributed by atoms with Crippen LogP contribution in [-0.4, -0.2) is 54.7 Å². The summed E-state index contributed by atoms with van der Waals surface area (Å²) in [5, 5.41) is 1.06. The first kappa shape index (κ1) is 18.5. The summed E-state index contributed by atoms with van der Waals surface area (Å²) in [6.45, 7) is 3.66. The van der Waals surface area contributed by atoms with Gasteiger partial charge in [0.15, 0.2) is 0 Å². The third-order valence-corrected chi connectivity index (χ3v) is 4.88. The maximum atomic E-state index is 12.9. The number of aromatic amines is 1. The smallest absolute Gasteiger partial charge is 0.307 e. The van der Waals surface area contributed by atoms with E-state index in [9.17, 15) is 9.59 Å². The first-order valence-electron chi connectivity index (χ1n) is 9.09. The molecule has 0 spiro atoms. The second kappa shape index (κ2) is 8.36. The highest BCUT2D eigenvalue weighted by Crippen LogP contribution is 2.21. The molecule has 1 unspecified atom stereocenters. The van der Waals surface area contributed by atoms with E-state index in [0.717, 1.165) is 35.9 Å². The third kappa shape index (κ3) is 4.43. The Bertz CT molecular complexity index is 777. The van der Waals surface area contributed by atoms with Crippen LogP contribution in [-0.2, 0) is 25.5 Å². The van der Waals surface area contributed by atoms with E-state index in [1.165, 1.54) is 12.7 Å². The summed E-state index contributed by atoms with van der Waals surface area (Å²) in [7, 11) is 1.36. The molecule has 1 aliphatic heterocycles. The van der Waals surface area contributed by atoms with Gasteiger partial charge in [0.05, 0.1) is 26.1 Å². The number of carbonyl (C=O) groups excluding carboxylic acids is 2. The molecular formula is C20H26N2O4. The minimum atomic E-state index is -0.308. The Morgan fingerprint density at radius 3 is 2.96 bits per heavy atom.